The van der Waals surface area contributed by atoms with E-state index < -0.39 is 57.7 Å². The summed E-state index contributed by atoms with van der Waals surface area (Å²) in [6, 6.07) is -1.54. The van der Waals surface area contributed by atoms with Crippen molar-refractivity contribution in [1.82, 2.24) is 0 Å². The van der Waals surface area contributed by atoms with Gasteiger partial charge in [0.15, 0.2) is 6.10 Å². The number of esters is 2. The molecule has 0 fully saturated rings. The number of phosphoric acid groups is 1. The molecule has 0 aromatic heterocycles. The van der Waals surface area contributed by atoms with Gasteiger partial charge in [-0.3, -0.25) is 23.4 Å². The number of aliphatic carboxylic acids is 1. The van der Waals surface area contributed by atoms with E-state index in [1.165, 1.54) is 38.5 Å². The number of carbonyl (C=O) groups excluding carboxylic acids is 2. The van der Waals surface area contributed by atoms with E-state index in [1.54, 1.807) is 0 Å². The van der Waals surface area contributed by atoms with Gasteiger partial charge in [-0.05, 0) is 77.0 Å². The van der Waals surface area contributed by atoms with E-state index in [0.717, 1.165) is 77.0 Å². The number of hydrogen-bond acceptors (Lipinski definition) is 9. The molecule has 0 heterocycles. The average Bonchev–Trinajstić information content (AvgIpc) is 3.20. The summed E-state index contributed by atoms with van der Waals surface area (Å²) in [6.07, 6.45) is 49.5. The van der Waals surface area contributed by atoms with E-state index in [9.17, 15) is 23.8 Å². The summed E-state index contributed by atoms with van der Waals surface area (Å²) in [4.78, 5) is 45.9. The normalized spacial score (nSPS) is 14.6. The SMILES string of the molecule is CC/C=C\C/C=C\C/C=C\C/C=C\C/C=C\C/C=C\CCC(=O)OC[C@H](COP(=O)(O)OC[C@H](N)C(=O)O)OC(=O)CCCCCCC/C=C\CCCCCCCC. The molecule has 4 N–H and O–H groups in total. The van der Waals surface area contributed by atoms with Crippen molar-refractivity contribution in [2.24, 2.45) is 5.73 Å². The van der Waals surface area contributed by atoms with E-state index in [4.69, 9.17) is 24.8 Å². The molecule has 12 heteroatoms. The minimum atomic E-state index is -4.74. The predicted octanol–water partition coefficient (Wildman–Crippen LogP) is 11.5. The van der Waals surface area contributed by atoms with Gasteiger partial charge < -0.3 is 25.2 Å². The molecular weight excluding hydrogens is 757 g/mol. The van der Waals surface area contributed by atoms with Crippen LogP contribution in [0.1, 0.15) is 155 Å². The number of allylic oxidation sites excluding steroid dienone is 14. The first-order chi connectivity index (χ1) is 28.1. The van der Waals surface area contributed by atoms with Crippen LogP contribution in [0.2, 0.25) is 0 Å². The van der Waals surface area contributed by atoms with Crippen LogP contribution in [0.5, 0.6) is 0 Å². The summed E-state index contributed by atoms with van der Waals surface area (Å²) >= 11 is 0. The van der Waals surface area contributed by atoms with E-state index in [2.05, 4.69) is 91.3 Å². The smallest absolute Gasteiger partial charge is 0.472 e. The molecule has 0 amide bonds. The number of phosphoric ester groups is 1. The highest BCUT2D eigenvalue weighted by Gasteiger charge is 2.28. The molecule has 0 saturated carbocycles. The molecule has 0 aromatic carbocycles. The summed E-state index contributed by atoms with van der Waals surface area (Å²) in [6.45, 7) is 2.58. The predicted molar refractivity (Wildman–Crippen MR) is 235 cm³/mol. The van der Waals surface area contributed by atoms with Gasteiger partial charge >= 0.3 is 25.7 Å². The number of hydrogen-bond donors (Lipinski definition) is 3. The summed E-state index contributed by atoms with van der Waals surface area (Å²) in [7, 11) is -4.74. The van der Waals surface area contributed by atoms with E-state index in [0.29, 0.717) is 12.8 Å². The lowest BCUT2D eigenvalue weighted by atomic mass is 10.1. The van der Waals surface area contributed by atoms with Gasteiger partial charge in [0, 0.05) is 12.8 Å². The van der Waals surface area contributed by atoms with Crippen molar-refractivity contribution in [1.29, 1.82) is 0 Å². The van der Waals surface area contributed by atoms with Crippen molar-refractivity contribution in [2.45, 2.75) is 167 Å². The number of rotatable bonds is 39. The van der Waals surface area contributed by atoms with Gasteiger partial charge in [-0.1, -0.05) is 150 Å². The molecule has 0 rings (SSSR count). The summed E-state index contributed by atoms with van der Waals surface area (Å²) in [5.74, 6) is -2.51. The highest BCUT2D eigenvalue weighted by atomic mass is 31.2. The summed E-state index contributed by atoms with van der Waals surface area (Å²) in [5.41, 5.74) is 5.33. The van der Waals surface area contributed by atoms with Gasteiger partial charge in [-0.25, -0.2) is 4.57 Å². The first-order valence-corrected chi connectivity index (χ1v) is 23.1. The third-order valence-electron chi connectivity index (χ3n) is 8.64. The van der Waals surface area contributed by atoms with Gasteiger partial charge in [0.25, 0.3) is 0 Å². The average molecular weight is 834 g/mol. The number of carbonyl (C=O) groups is 3. The molecule has 0 aromatic rings. The second kappa shape index (κ2) is 40.4. The molecule has 3 atom stereocenters. The molecule has 0 aliphatic carbocycles. The second-order valence-corrected chi connectivity index (χ2v) is 15.5. The summed E-state index contributed by atoms with van der Waals surface area (Å²) < 4.78 is 32.6. The molecule has 11 nitrogen and oxygen atoms in total. The van der Waals surface area contributed by atoms with E-state index in [-0.39, 0.29) is 12.8 Å². The van der Waals surface area contributed by atoms with Gasteiger partial charge in [0.1, 0.15) is 12.6 Å². The quantitative estimate of drug-likeness (QED) is 0.0233. The van der Waals surface area contributed by atoms with Crippen molar-refractivity contribution < 1.29 is 47.5 Å². The van der Waals surface area contributed by atoms with Crippen molar-refractivity contribution in [2.75, 3.05) is 19.8 Å². The number of nitrogens with two attached hydrogens (primary N) is 1. The van der Waals surface area contributed by atoms with Crippen LogP contribution in [-0.4, -0.2) is 59.9 Å². The maximum Gasteiger partial charge on any atom is 0.472 e. The Morgan fingerprint density at radius 1 is 0.552 bits per heavy atom. The van der Waals surface area contributed by atoms with E-state index in [1.807, 2.05) is 12.2 Å². The maximum absolute atomic E-state index is 12.6. The molecule has 0 spiro atoms. The zero-order chi connectivity index (χ0) is 42.8. The lowest BCUT2D eigenvalue weighted by Gasteiger charge is -2.20. The molecule has 0 radical (unpaired) electrons. The van der Waals surface area contributed by atoms with E-state index >= 15 is 0 Å². The van der Waals surface area contributed by atoms with Crippen molar-refractivity contribution >= 4 is 25.7 Å². The number of carboxylic acids is 1. The summed E-state index contributed by atoms with van der Waals surface area (Å²) in [5, 5.41) is 8.89. The molecule has 330 valence electrons. The molecule has 1 unspecified atom stereocenters. The molecule has 0 bridgehead atoms. The van der Waals surface area contributed by atoms with Gasteiger partial charge in [0.05, 0.1) is 13.2 Å². The van der Waals surface area contributed by atoms with Gasteiger partial charge in [0.2, 0.25) is 0 Å². The monoisotopic (exact) mass is 834 g/mol. The third kappa shape index (κ3) is 39.5. The fourth-order valence-electron chi connectivity index (χ4n) is 5.26. The zero-order valence-corrected chi connectivity index (χ0v) is 36.5. The largest absolute Gasteiger partial charge is 0.480 e. The van der Waals surface area contributed by atoms with Crippen LogP contribution in [0.25, 0.3) is 0 Å². The molecular formula is C46H76NO10P. The highest BCUT2D eigenvalue weighted by Crippen LogP contribution is 2.43. The Bertz CT molecular complexity index is 1300. The number of ether oxygens (including phenoxy) is 2. The molecule has 0 aliphatic rings. The minimum absolute atomic E-state index is 0.0906. The standard InChI is InChI=1S/C46H76NO10P/c1-3-5-7-9-11-13-15-17-19-20-21-22-24-25-27-29-31-33-35-37-44(48)54-39-42(40-55-58(52,53)56-41-43(47)46(50)51)57-45(49)38-36-34-32-30-28-26-23-18-16-14-12-10-8-6-4-2/h5,7,11,13,17-19,21-23,25,27,31,33,42-43H,3-4,6,8-10,12,14-16,20,24,26,28-30,32,34-41,47H2,1-2H3,(H,50,51)(H,52,53)/b7-5-,13-11-,19-17-,22-21-,23-18-,27-25-,33-31-/t42-,43+/m1/s1. The van der Waals surface area contributed by atoms with Crippen LogP contribution in [0.15, 0.2) is 85.1 Å². The van der Waals surface area contributed by atoms with Crippen LogP contribution in [0, 0.1) is 0 Å². The Hall–Kier alpha value is -3.34. The topological polar surface area (TPSA) is 172 Å². The molecule has 0 aliphatic heterocycles. The van der Waals surface area contributed by atoms with Crippen molar-refractivity contribution in [3.05, 3.63) is 85.1 Å². The highest BCUT2D eigenvalue weighted by molar-refractivity contribution is 7.47. The first-order valence-electron chi connectivity index (χ1n) is 21.6. The fraction of sp³-hybridized carbons (Fsp3) is 0.630. The van der Waals surface area contributed by atoms with Crippen molar-refractivity contribution in [3.63, 3.8) is 0 Å². The fourth-order valence-corrected chi connectivity index (χ4v) is 6.04. The Labute approximate surface area is 350 Å². The van der Waals surface area contributed by atoms with Crippen molar-refractivity contribution in [3.8, 4) is 0 Å². The van der Waals surface area contributed by atoms with Crippen LogP contribution in [-0.2, 0) is 37.5 Å². The molecule has 58 heavy (non-hydrogen) atoms. The molecule has 0 saturated heterocycles. The second-order valence-electron chi connectivity index (χ2n) is 14.1. The third-order valence-corrected chi connectivity index (χ3v) is 9.59. The number of carboxylic acid groups (broad SMARTS) is 1. The first kappa shape index (κ1) is 54.7. The Kier molecular flexibility index (Phi) is 38.1. The Morgan fingerprint density at radius 2 is 1.00 bits per heavy atom. The lowest BCUT2D eigenvalue weighted by Crippen LogP contribution is -2.34. The van der Waals surface area contributed by atoms with Crippen LogP contribution >= 0.6 is 7.82 Å². The van der Waals surface area contributed by atoms with Crippen LogP contribution in [0.4, 0.5) is 0 Å². The van der Waals surface area contributed by atoms with Crippen LogP contribution < -0.4 is 5.73 Å². The Morgan fingerprint density at radius 3 is 1.52 bits per heavy atom. The van der Waals surface area contributed by atoms with Gasteiger partial charge in [-0.2, -0.15) is 0 Å². The maximum atomic E-state index is 12.6. The van der Waals surface area contributed by atoms with Gasteiger partial charge in [-0.15, -0.1) is 0 Å². The van der Waals surface area contributed by atoms with Crippen LogP contribution in [0.3, 0.4) is 0 Å². The number of unbranched alkanes of at least 4 members (excludes halogenated alkanes) is 11. The Balaban J connectivity index is 4.52. The zero-order valence-electron chi connectivity index (χ0n) is 35.6. The lowest BCUT2D eigenvalue weighted by molar-refractivity contribution is -0.161. The minimum Gasteiger partial charge on any atom is -0.480 e.